The quantitative estimate of drug-likeness (QED) is 0.518. The summed E-state index contributed by atoms with van der Waals surface area (Å²) in [5.74, 6) is -0.604. The van der Waals surface area contributed by atoms with Gasteiger partial charge in [-0.2, -0.15) is 8.42 Å². The summed E-state index contributed by atoms with van der Waals surface area (Å²) >= 11 is 0. The molecule has 0 spiro atoms. The van der Waals surface area contributed by atoms with Crippen LogP contribution in [0, 0.1) is 6.92 Å². The number of esters is 1. The van der Waals surface area contributed by atoms with E-state index in [4.69, 9.17) is 13.7 Å². The standard InChI is InChI=1S/C18H20N2O8S/c1-11-9-20(18(23)19-16(11)21)15-8-13(28-29(2,24)25)14(27-15)10-26-17(22)12-6-4-3-5-7-12/h3-7,9,13-15H,8,10H2,1-2H3,(H,19,21,23)/t13-,14+,15-/m1/s1. The molecule has 3 rings (SSSR count). The summed E-state index contributed by atoms with van der Waals surface area (Å²) in [7, 11) is -3.83. The summed E-state index contributed by atoms with van der Waals surface area (Å²) in [5, 5.41) is 0. The zero-order chi connectivity index (χ0) is 21.2. The fraction of sp³-hybridized carbons (Fsp3) is 0.389. The molecule has 156 valence electrons. The third-order valence-corrected chi connectivity index (χ3v) is 4.92. The maximum atomic E-state index is 12.1. The second-order valence-corrected chi connectivity index (χ2v) is 8.25. The highest BCUT2D eigenvalue weighted by Crippen LogP contribution is 2.31. The van der Waals surface area contributed by atoms with E-state index in [1.54, 1.807) is 30.3 Å². The predicted molar refractivity (Wildman–Crippen MR) is 101 cm³/mol. The number of nitrogens with one attached hydrogen (secondary N) is 1. The lowest BCUT2D eigenvalue weighted by atomic mass is 10.2. The van der Waals surface area contributed by atoms with Gasteiger partial charge in [0.05, 0.1) is 11.8 Å². The van der Waals surface area contributed by atoms with E-state index in [0.29, 0.717) is 5.56 Å². The van der Waals surface area contributed by atoms with Crippen molar-refractivity contribution in [2.75, 3.05) is 12.9 Å². The van der Waals surface area contributed by atoms with Gasteiger partial charge >= 0.3 is 11.7 Å². The molecule has 2 heterocycles. The predicted octanol–water partition coefficient (Wildman–Crippen LogP) is 0.334. The number of aromatic amines is 1. The third-order valence-electron chi connectivity index (χ3n) is 4.32. The van der Waals surface area contributed by atoms with Gasteiger partial charge in [0, 0.05) is 18.2 Å². The zero-order valence-electron chi connectivity index (χ0n) is 15.7. The van der Waals surface area contributed by atoms with Gasteiger partial charge in [0.15, 0.2) is 0 Å². The molecular formula is C18H20N2O8S. The van der Waals surface area contributed by atoms with Gasteiger partial charge in [-0.3, -0.25) is 18.5 Å². The number of H-pyrrole nitrogens is 1. The van der Waals surface area contributed by atoms with Gasteiger partial charge in [0.25, 0.3) is 15.7 Å². The highest BCUT2D eigenvalue weighted by molar-refractivity contribution is 7.86. The number of nitrogens with zero attached hydrogens (tertiary/aromatic N) is 1. The van der Waals surface area contributed by atoms with Gasteiger partial charge in [-0.05, 0) is 19.1 Å². The fourth-order valence-corrected chi connectivity index (χ4v) is 3.61. The van der Waals surface area contributed by atoms with Crippen LogP contribution in [0.15, 0.2) is 46.1 Å². The first-order valence-electron chi connectivity index (χ1n) is 8.72. The van der Waals surface area contributed by atoms with Gasteiger partial charge in [-0.25, -0.2) is 9.59 Å². The van der Waals surface area contributed by atoms with Crippen LogP contribution in [0.3, 0.4) is 0 Å². The summed E-state index contributed by atoms with van der Waals surface area (Å²) in [6.07, 6.45) is -0.582. The average molecular weight is 424 g/mol. The minimum atomic E-state index is -3.83. The average Bonchev–Trinajstić information content (AvgIpc) is 3.04. The number of carbonyl (C=O) groups is 1. The summed E-state index contributed by atoms with van der Waals surface area (Å²) in [6, 6.07) is 8.27. The maximum absolute atomic E-state index is 12.1. The molecular weight excluding hydrogens is 404 g/mol. The molecule has 10 nitrogen and oxygen atoms in total. The third kappa shape index (κ3) is 5.19. The smallest absolute Gasteiger partial charge is 0.338 e. The Bertz CT molecular complexity index is 1110. The molecule has 1 N–H and O–H groups in total. The highest BCUT2D eigenvalue weighted by atomic mass is 32.2. The Balaban J connectivity index is 1.79. The normalized spacial score (nSPS) is 21.8. The first-order valence-corrected chi connectivity index (χ1v) is 10.5. The van der Waals surface area contributed by atoms with E-state index in [1.165, 1.54) is 13.1 Å². The largest absolute Gasteiger partial charge is 0.459 e. The van der Waals surface area contributed by atoms with Crippen molar-refractivity contribution in [2.24, 2.45) is 0 Å². The topological polar surface area (TPSA) is 134 Å². The van der Waals surface area contributed by atoms with Crippen LogP contribution < -0.4 is 11.2 Å². The summed E-state index contributed by atoms with van der Waals surface area (Å²) < 4.78 is 40.4. The van der Waals surface area contributed by atoms with Crippen molar-refractivity contribution in [1.82, 2.24) is 9.55 Å². The SMILES string of the molecule is Cc1cn([C@H]2C[C@@H](OS(C)(=O)=O)[C@H](COC(=O)c3ccccc3)O2)c(=O)[nH]c1=O. The molecule has 1 aromatic carbocycles. The number of aryl methyl sites for hydroxylation is 1. The number of rotatable bonds is 6. The van der Waals surface area contributed by atoms with E-state index in [1.807, 2.05) is 0 Å². The molecule has 0 saturated carbocycles. The minimum absolute atomic E-state index is 0.00597. The molecule has 29 heavy (non-hydrogen) atoms. The summed E-state index contributed by atoms with van der Waals surface area (Å²) in [5.41, 5.74) is -0.616. The first kappa shape index (κ1) is 21.0. The zero-order valence-corrected chi connectivity index (χ0v) is 16.5. The molecule has 0 aliphatic carbocycles. The molecule has 1 aliphatic heterocycles. The van der Waals surface area contributed by atoms with Crippen LogP contribution in [-0.2, 0) is 23.8 Å². The van der Waals surface area contributed by atoms with Gasteiger partial charge in [-0.15, -0.1) is 0 Å². The van der Waals surface area contributed by atoms with Crippen molar-refractivity contribution in [1.29, 1.82) is 0 Å². The number of carbonyl (C=O) groups excluding carboxylic acids is 1. The van der Waals surface area contributed by atoms with Crippen molar-refractivity contribution in [3.63, 3.8) is 0 Å². The first-order chi connectivity index (χ1) is 13.6. The van der Waals surface area contributed by atoms with E-state index in [0.717, 1.165) is 10.8 Å². The Kier molecular flexibility index (Phi) is 6.01. The molecule has 1 aromatic heterocycles. The van der Waals surface area contributed by atoms with Crippen molar-refractivity contribution >= 4 is 16.1 Å². The van der Waals surface area contributed by atoms with E-state index in [2.05, 4.69) is 4.98 Å². The lowest BCUT2D eigenvalue weighted by molar-refractivity contribution is -0.0491. The molecule has 0 bridgehead atoms. The Morgan fingerprint density at radius 2 is 1.97 bits per heavy atom. The molecule has 0 unspecified atom stereocenters. The summed E-state index contributed by atoms with van der Waals surface area (Å²) in [6.45, 7) is 1.24. The molecule has 3 atom stereocenters. The number of benzene rings is 1. The van der Waals surface area contributed by atoms with E-state index in [9.17, 15) is 22.8 Å². The van der Waals surface area contributed by atoms with Crippen molar-refractivity contribution in [3.8, 4) is 0 Å². The molecule has 2 aromatic rings. The minimum Gasteiger partial charge on any atom is -0.459 e. The number of hydrogen-bond acceptors (Lipinski definition) is 8. The Morgan fingerprint density at radius 3 is 2.62 bits per heavy atom. The van der Waals surface area contributed by atoms with Crippen molar-refractivity contribution in [2.45, 2.75) is 31.8 Å². The second kappa shape index (κ2) is 8.31. The molecule has 1 saturated heterocycles. The molecule has 0 amide bonds. The van der Waals surface area contributed by atoms with Gasteiger partial charge in [-0.1, -0.05) is 18.2 Å². The molecule has 11 heteroatoms. The van der Waals surface area contributed by atoms with E-state index < -0.39 is 45.8 Å². The highest BCUT2D eigenvalue weighted by Gasteiger charge is 2.40. The van der Waals surface area contributed by atoms with Gasteiger partial charge < -0.3 is 9.47 Å². The number of ether oxygens (including phenoxy) is 2. The van der Waals surface area contributed by atoms with Crippen LogP contribution in [0.25, 0.3) is 0 Å². The van der Waals surface area contributed by atoms with Crippen LogP contribution in [0.4, 0.5) is 0 Å². The number of hydrogen-bond donors (Lipinski definition) is 1. The Labute approximate surface area is 166 Å². The Morgan fingerprint density at radius 1 is 1.28 bits per heavy atom. The molecule has 1 aliphatic rings. The lowest BCUT2D eigenvalue weighted by Crippen LogP contribution is -2.33. The lowest BCUT2D eigenvalue weighted by Gasteiger charge is -2.18. The second-order valence-electron chi connectivity index (χ2n) is 6.65. The van der Waals surface area contributed by atoms with Crippen molar-refractivity contribution < 1.29 is 26.9 Å². The van der Waals surface area contributed by atoms with Crippen LogP contribution in [0.5, 0.6) is 0 Å². The van der Waals surface area contributed by atoms with Gasteiger partial charge in [0.2, 0.25) is 0 Å². The molecule has 0 radical (unpaired) electrons. The van der Waals surface area contributed by atoms with Crippen LogP contribution >= 0.6 is 0 Å². The summed E-state index contributed by atoms with van der Waals surface area (Å²) in [4.78, 5) is 38.0. The monoisotopic (exact) mass is 424 g/mol. The Hall–Kier alpha value is -2.76. The van der Waals surface area contributed by atoms with E-state index in [-0.39, 0.29) is 18.6 Å². The van der Waals surface area contributed by atoms with Crippen molar-refractivity contribution in [3.05, 3.63) is 68.5 Å². The number of aromatic nitrogens is 2. The maximum Gasteiger partial charge on any atom is 0.338 e. The van der Waals surface area contributed by atoms with Crippen LogP contribution in [0.1, 0.15) is 28.6 Å². The van der Waals surface area contributed by atoms with Gasteiger partial charge in [0.1, 0.15) is 25.0 Å². The van der Waals surface area contributed by atoms with Crippen LogP contribution in [-0.4, -0.2) is 49.0 Å². The molecule has 1 fully saturated rings. The fourth-order valence-electron chi connectivity index (χ4n) is 2.96. The van der Waals surface area contributed by atoms with Crippen LogP contribution in [0.2, 0.25) is 0 Å². The van der Waals surface area contributed by atoms with E-state index >= 15 is 0 Å².